The fourth-order valence-electron chi connectivity index (χ4n) is 1.90. The maximum Gasteiger partial charge on any atom is 0.164 e. The summed E-state index contributed by atoms with van der Waals surface area (Å²) in [6.45, 7) is 6.66. The van der Waals surface area contributed by atoms with Crippen molar-refractivity contribution in [1.82, 2.24) is 0 Å². The van der Waals surface area contributed by atoms with E-state index in [0.717, 1.165) is 5.56 Å². The van der Waals surface area contributed by atoms with E-state index in [1.54, 1.807) is 12.1 Å². The second-order valence-corrected chi connectivity index (χ2v) is 5.77. The first-order valence-electron chi connectivity index (χ1n) is 6.24. The van der Waals surface area contributed by atoms with E-state index < -0.39 is 11.1 Å². The fourth-order valence-corrected chi connectivity index (χ4v) is 1.90. The number of alkyl halides is 1. The van der Waals surface area contributed by atoms with Crippen LogP contribution < -0.4 is 9.47 Å². The van der Waals surface area contributed by atoms with Crippen LogP contribution in [0.15, 0.2) is 12.1 Å². The Balaban J connectivity index is 3.58. The fraction of sp³-hybridized carbons (Fsp3) is 0.600. The molecule has 0 spiro atoms. The molecule has 1 rings (SSSR count). The summed E-state index contributed by atoms with van der Waals surface area (Å²) >= 11 is 0. The van der Waals surface area contributed by atoms with Crippen LogP contribution in [0.5, 0.6) is 11.5 Å². The van der Waals surface area contributed by atoms with Crippen molar-refractivity contribution in [1.29, 1.82) is 0 Å². The smallest absolute Gasteiger partial charge is 0.164 e. The number of hydrogen-bond donors (Lipinski definition) is 1. The van der Waals surface area contributed by atoms with Crippen molar-refractivity contribution in [2.45, 2.75) is 38.8 Å². The quantitative estimate of drug-likeness (QED) is 0.893. The first-order chi connectivity index (χ1) is 8.67. The highest BCUT2D eigenvalue weighted by molar-refractivity contribution is 5.53. The summed E-state index contributed by atoms with van der Waals surface area (Å²) in [4.78, 5) is 0. The minimum atomic E-state index is -1.49. The van der Waals surface area contributed by atoms with Gasteiger partial charge in [0.25, 0.3) is 0 Å². The molecular formula is C15H23FO3. The molecule has 0 heterocycles. The van der Waals surface area contributed by atoms with E-state index in [1.807, 2.05) is 13.8 Å². The zero-order chi connectivity index (χ0) is 14.8. The third kappa shape index (κ3) is 3.18. The molecule has 0 saturated carbocycles. The summed E-state index contributed by atoms with van der Waals surface area (Å²) in [5.41, 5.74) is -0.793. The maximum absolute atomic E-state index is 14.2. The lowest BCUT2D eigenvalue weighted by Crippen LogP contribution is -2.24. The molecule has 0 atom stereocenters. The van der Waals surface area contributed by atoms with Crippen molar-refractivity contribution < 1.29 is 19.0 Å². The highest BCUT2D eigenvalue weighted by Crippen LogP contribution is 2.42. The van der Waals surface area contributed by atoms with Gasteiger partial charge in [-0.3, -0.25) is 0 Å². The molecule has 0 amide bonds. The summed E-state index contributed by atoms with van der Waals surface area (Å²) in [5.74, 6) is 1.01. The molecule has 3 nitrogen and oxygen atoms in total. The van der Waals surface area contributed by atoms with Gasteiger partial charge in [-0.2, -0.15) is 0 Å². The van der Waals surface area contributed by atoms with E-state index in [2.05, 4.69) is 0 Å². The Morgan fingerprint density at radius 2 is 1.68 bits per heavy atom. The average molecular weight is 270 g/mol. The number of aliphatic hydroxyl groups is 1. The Hall–Kier alpha value is -1.29. The van der Waals surface area contributed by atoms with Gasteiger partial charge in [0.2, 0.25) is 0 Å². The predicted molar refractivity (Wildman–Crippen MR) is 73.8 cm³/mol. The summed E-state index contributed by atoms with van der Waals surface area (Å²) < 4.78 is 24.8. The van der Waals surface area contributed by atoms with Gasteiger partial charge in [-0.25, -0.2) is 4.39 Å². The lowest BCUT2D eigenvalue weighted by molar-refractivity contribution is 0.208. The molecule has 0 aliphatic heterocycles. The van der Waals surface area contributed by atoms with Gasteiger partial charge < -0.3 is 14.6 Å². The van der Waals surface area contributed by atoms with Gasteiger partial charge in [0.15, 0.2) is 11.5 Å². The second-order valence-electron chi connectivity index (χ2n) is 5.77. The maximum atomic E-state index is 14.2. The Bertz CT molecular complexity index is 447. The molecule has 0 bridgehead atoms. The number of methoxy groups -OCH3 is 2. The molecule has 0 fully saturated rings. The predicted octanol–water partition coefficient (Wildman–Crippen LogP) is 3.18. The molecule has 1 aromatic carbocycles. The molecule has 4 heteroatoms. The number of ether oxygens (including phenoxy) is 2. The van der Waals surface area contributed by atoms with Gasteiger partial charge in [0.05, 0.1) is 20.8 Å². The highest BCUT2D eigenvalue weighted by atomic mass is 19.1. The van der Waals surface area contributed by atoms with Crippen LogP contribution in [0.3, 0.4) is 0 Å². The van der Waals surface area contributed by atoms with E-state index in [9.17, 15) is 9.50 Å². The van der Waals surface area contributed by atoms with E-state index in [0.29, 0.717) is 17.1 Å². The van der Waals surface area contributed by atoms with Crippen LogP contribution in [0.2, 0.25) is 0 Å². The number of hydrogen-bond acceptors (Lipinski definition) is 3. The minimum Gasteiger partial charge on any atom is -0.493 e. The molecule has 1 N–H and O–H groups in total. The van der Waals surface area contributed by atoms with Gasteiger partial charge in [-0.15, -0.1) is 0 Å². The van der Waals surface area contributed by atoms with Gasteiger partial charge in [-0.05, 0) is 31.5 Å². The zero-order valence-corrected chi connectivity index (χ0v) is 12.5. The van der Waals surface area contributed by atoms with Crippen molar-refractivity contribution in [3.8, 4) is 11.5 Å². The highest BCUT2D eigenvalue weighted by Gasteiger charge is 2.30. The van der Waals surface area contributed by atoms with Crippen molar-refractivity contribution in [2.75, 3.05) is 20.8 Å². The van der Waals surface area contributed by atoms with E-state index in [4.69, 9.17) is 9.47 Å². The van der Waals surface area contributed by atoms with Crippen LogP contribution in [0, 0.1) is 0 Å². The molecule has 0 aliphatic rings. The van der Waals surface area contributed by atoms with Crippen LogP contribution in [0.25, 0.3) is 0 Å². The number of benzene rings is 1. The third-order valence-corrected chi connectivity index (χ3v) is 3.29. The molecule has 108 valence electrons. The van der Waals surface area contributed by atoms with Crippen LogP contribution in [-0.4, -0.2) is 25.9 Å². The van der Waals surface area contributed by atoms with Gasteiger partial charge in [0, 0.05) is 11.0 Å². The molecule has 0 aliphatic carbocycles. The van der Waals surface area contributed by atoms with Crippen molar-refractivity contribution in [3.63, 3.8) is 0 Å². The lowest BCUT2D eigenvalue weighted by Gasteiger charge is -2.28. The number of aliphatic hydroxyl groups excluding tert-OH is 1. The largest absolute Gasteiger partial charge is 0.493 e. The molecule has 0 saturated heterocycles. The van der Waals surface area contributed by atoms with Gasteiger partial charge in [0.1, 0.15) is 5.67 Å². The van der Waals surface area contributed by atoms with Crippen molar-refractivity contribution >= 4 is 0 Å². The average Bonchev–Trinajstić information content (AvgIpc) is 2.35. The van der Waals surface area contributed by atoms with Crippen molar-refractivity contribution in [3.05, 3.63) is 23.3 Å². The van der Waals surface area contributed by atoms with Crippen LogP contribution in [0.4, 0.5) is 4.39 Å². The van der Waals surface area contributed by atoms with Crippen LogP contribution in [-0.2, 0) is 11.1 Å². The van der Waals surface area contributed by atoms with Crippen LogP contribution in [0.1, 0.15) is 38.8 Å². The number of halogens is 1. The summed E-state index contributed by atoms with van der Waals surface area (Å²) in [6, 6.07) is 3.37. The zero-order valence-electron chi connectivity index (χ0n) is 12.5. The monoisotopic (exact) mass is 270 g/mol. The Morgan fingerprint density at radius 1 is 1.11 bits per heavy atom. The molecule has 0 aromatic heterocycles. The first kappa shape index (κ1) is 15.8. The molecule has 1 aromatic rings. The van der Waals surface area contributed by atoms with E-state index in [1.165, 1.54) is 28.1 Å². The van der Waals surface area contributed by atoms with Gasteiger partial charge in [-0.1, -0.05) is 13.8 Å². The molecule has 0 radical (unpaired) electrons. The topological polar surface area (TPSA) is 38.7 Å². The summed E-state index contributed by atoms with van der Waals surface area (Å²) in [5, 5.41) is 9.53. The Kier molecular flexibility index (Phi) is 4.46. The van der Waals surface area contributed by atoms with E-state index >= 15 is 0 Å². The number of rotatable bonds is 5. The molecule has 19 heavy (non-hydrogen) atoms. The Labute approximate surface area is 114 Å². The summed E-state index contributed by atoms with van der Waals surface area (Å²) in [6.07, 6.45) is 0. The molecular weight excluding hydrogens is 247 g/mol. The minimum absolute atomic E-state index is 0.0668. The molecule has 0 unspecified atom stereocenters. The van der Waals surface area contributed by atoms with E-state index in [-0.39, 0.29) is 6.61 Å². The normalized spacial score (nSPS) is 12.4. The standard InChI is InChI=1S/C15H23FO3/c1-14(2,9-17)11-7-10(15(3,4)16)8-12(18-5)13(11)19-6/h7-8,17H,9H2,1-6H3. The first-order valence-corrected chi connectivity index (χ1v) is 6.24. The Morgan fingerprint density at radius 3 is 2.05 bits per heavy atom. The second kappa shape index (κ2) is 5.37. The third-order valence-electron chi connectivity index (χ3n) is 3.29. The lowest BCUT2D eigenvalue weighted by atomic mass is 9.82. The SMILES string of the molecule is COc1cc(C(C)(C)F)cc(C(C)(C)CO)c1OC. The van der Waals surface area contributed by atoms with Crippen molar-refractivity contribution in [2.24, 2.45) is 0 Å². The van der Waals surface area contributed by atoms with Gasteiger partial charge >= 0.3 is 0 Å². The van der Waals surface area contributed by atoms with Crippen LogP contribution >= 0.6 is 0 Å². The summed E-state index contributed by atoms with van der Waals surface area (Å²) in [7, 11) is 3.05.